The number of nitrogens with zero attached hydrogens (tertiary/aromatic N) is 1. The monoisotopic (exact) mass is 430 g/mol. The molecule has 0 radical (unpaired) electrons. The molecule has 1 aliphatic carbocycles. The normalized spacial score (nSPS) is 18.5. The molecule has 1 heterocycles. The molecule has 1 N–H and O–H groups in total. The van der Waals surface area contributed by atoms with Crippen molar-refractivity contribution < 1.29 is 19.1 Å². The molecule has 140 valence electrons. The van der Waals surface area contributed by atoms with E-state index in [4.69, 9.17) is 9.47 Å². The third kappa shape index (κ3) is 4.19. The van der Waals surface area contributed by atoms with E-state index in [1.807, 2.05) is 12.2 Å². The topological polar surface area (TPSA) is 77.0 Å². The van der Waals surface area contributed by atoms with Crippen molar-refractivity contribution >= 4 is 33.5 Å². The second kappa shape index (κ2) is 8.35. The molecule has 1 aliphatic heterocycles. The molecule has 0 bridgehead atoms. The predicted molar refractivity (Wildman–Crippen MR) is 105 cm³/mol. The summed E-state index contributed by atoms with van der Waals surface area (Å²) in [6, 6.07) is 7.08. The highest BCUT2D eigenvalue weighted by atomic mass is 79.9. The number of ether oxygens (including phenoxy) is 2. The van der Waals surface area contributed by atoms with E-state index >= 15 is 0 Å². The fraction of sp³-hybridized carbons (Fsp3) is 0.250. The summed E-state index contributed by atoms with van der Waals surface area (Å²) in [5.74, 6) is 0.478. The van der Waals surface area contributed by atoms with Crippen LogP contribution in [0.2, 0.25) is 0 Å². The summed E-state index contributed by atoms with van der Waals surface area (Å²) < 4.78 is 11.6. The van der Waals surface area contributed by atoms with E-state index in [-0.39, 0.29) is 17.7 Å². The number of hydrogen-bond acceptors (Lipinski definition) is 4. The maximum atomic E-state index is 12.4. The molecule has 6 nitrogen and oxygen atoms in total. The van der Waals surface area contributed by atoms with Gasteiger partial charge < -0.3 is 14.8 Å². The predicted octanol–water partition coefficient (Wildman–Crippen LogP) is 3.17. The molecule has 7 heteroatoms. The minimum atomic E-state index is -0.320. The van der Waals surface area contributed by atoms with Crippen molar-refractivity contribution in [1.29, 1.82) is 0 Å². The number of allylic oxidation sites excluding steroid dienone is 4. The molecule has 1 aromatic rings. The smallest absolute Gasteiger partial charge is 0.273 e. The van der Waals surface area contributed by atoms with Crippen LogP contribution in [-0.2, 0) is 14.3 Å². The zero-order chi connectivity index (χ0) is 19.4. The number of rotatable bonds is 6. The Morgan fingerprint density at radius 2 is 1.93 bits per heavy atom. The van der Waals surface area contributed by atoms with Gasteiger partial charge in [-0.3, -0.25) is 9.59 Å². The van der Waals surface area contributed by atoms with Crippen molar-refractivity contribution in [2.75, 3.05) is 20.8 Å². The van der Waals surface area contributed by atoms with E-state index < -0.39 is 0 Å². The zero-order valence-corrected chi connectivity index (χ0v) is 16.6. The summed E-state index contributed by atoms with van der Waals surface area (Å²) in [6.45, 7) is 0.336. The zero-order valence-electron chi connectivity index (χ0n) is 15.0. The summed E-state index contributed by atoms with van der Waals surface area (Å²) >= 11 is 3.34. The van der Waals surface area contributed by atoms with Gasteiger partial charge in [0.15, 0.2) is 0 Å². The quantitative estimate of drug-likeness (QED) is 0.751. The highest BCUT2D eigenvalue weighted by Crippen LogP contribution is 2.30. The fourth-order valence-corrected chi connectivity index (χ4v) is 3.21. The van der Waals surface area contributed by atoms with Crippen molar-refractivity contribution in [1.82, 2.24) is 5.32 Å². The van der Waals surface area contributed by atoms with Crippen LogP contribution < -0.4 is 5.32 Å². The standard InChI is InChI=1S/C20H19BrN2O4/c1-26-16-7-8-17(27-2)18-15(16)11-13(20(25)23-18)9-10-22-19(24)12-3-5-14(21)6-4-12/h3-8,11,15H,9-10H2,1-2H3,(H,22,24). The van der Waals surface area contributed by atoms with Gasteiger partial charge in [-0.25, -0.2) is 4.99 Å². The molecule has 3 rings (SSSR count). The summed E-state index contributed by atoms with van der Waals surface area (Å²) in [7, 11) is 3.12. The summed E-state index contributed by atoms with van der Waals surface area (Å²) in [5.41, 5.74) is 1.65. The fourth-order valence-electron chi connectivity index (χ4n) is 2.95. The van der Waals surface area contributed by atoms with E-state index in [0.29, 0.717) is 41.3 Å². The molecule has 0 saturated heterocycles. The number of carbonyl (C=O) groups excluding carboxylic acids is 2. The van der Waals surface area contributed by atoms with Gasteiger partial charge in [0.2, 0.25) is 0 Å². The molecule has 0 fully saturated rings. The second-order valence-corrected chi connectivity index (χ2v) is 6.91. The van der Waals surface area contributed by atoms with Gasteiger partial charge in [0.1, 0.15) is 17.2 Å². The van der Waals surface area contributed by atoms with Crippen LogP contribution in [0, 0.1) is 5.92 Å². The molecule has 1 unspecified atom stereocenters. The summed E-state index contributed by atoms with van der Waals surface area (Å²) in [5, 5.41) is 2.83. The first-order valence-electron chi connectivity index (χ1n) is 8.41. The number of aliphatic imine (C=N–C) groups is 1. The third-order valence-corrected chi connectivity index (χ3v) is 4.89. The Kier molecular flexibility index (Phi) is 5.91. The molecule has 0 aromatic heterocycles. The van der Waals surface area contributed by atoms with E-state index in [0.717, 1.165) is 4.47 Å². The summed E-state index contributed by atoms with van der Waals surface area (Å²) in [6.07, 6.45) is 5.76. The van der Waals surface area contributed by atoms with E-state index in [1.165, 1.54) is 0 Å². The molecule has 2 aliphatic rings. The lowest BCUT2D eigenvalue weighted by Crippen LogP contribution is -2.30. The van der Waals surface area contributed by atoms with Gasteiger partial charge in [-0.15, -0.1) is 0 Å². The SMILES string of the molecule is COC1=CC=C(OC)C2C=C(CCNC(=O)c3ccc(Br)cc3)C(=O)N=C12. The summed E-state index contributed by atoms with van der Waals surface area (Å²) in [4.78, 5) is 28.7. The minimum Gasteiger partial charge on any atom is -0.500 e. The molecule has 2 amide bonds. The Hall–Kier alpha value is -2.67. The molecule has 0 saturated carbocycles. The number of nitrogens with one attached hydrogen (secondary N) is 1. The first-order chi connectivity index (χ1) is 13.0. The Morgan fingerprint density at radius 3 is 2.59 bits per heavy atom. The van der Waals surface area contributed by atoms with Gasteiger partial charge in [0.05, 0.1) is 20.1 Å². The Morgan fingerprint density at radius 1 is 1.19 bits per heavy atom. The van der Waals surface area contributed by atoms with Gasteiger partial charge in [-0.2, -0.15) is 0 Å². The van der Waals surface area contributed by atoms with Crippen LogP contribution in [-0.4, -0.2) is 38.3 Å². The van der Waals surface area contributed by atoms with Crippen molar-refractivity contribution in [3.05, 3.63) is 69.6 Å². The van der Waals surface area contributed by atoms with E-state index in [2.05, 4.69) is 26.2 Å². The highest BCUT2D eigenvalue weighted by molar-refractivity contribution is 9.10. The van der Waals surface area contributed by atoms with E-state index in [9.17, 15) is 9.59 Å². The maximum absolute atomic E-state index is 12.4. The maximum Gasteiger partial charge on any atom is 0.273 e. The van der Waals surface area contributed by atoms with Crippen LogP contribution in [0.5, 0.6) is 0 Å². The number of fused-ring (bicyclic) bond motifs is 1. The van der Waals surface area contributed by atoms with Gasteiger partial charge in [0.25, 0.3) is 11.8 Å². The lowest BCUT2D eigenvalue weighted by Gasteiger charge is -2.26. The van der Waals surface area contributed by atoms with E-state index in [1.54, 1.807) is 44.6 Å². The Bertz CT molecular complexity index is 882. The van der Waals surface area contributed by atoms with Crippen LogP contribution in [0.4, 0.5) is 0 Å². The van der Waals surface area contributed by atoms with Gasteiger partial charge in [-0.1, -0.05) is 22.0 Å². The number of methoxy groups -OCH3 is 2. The average molecular weight is 431 g/mol. The van der Waals surface area contributed by atoms with Gasteiger partial charge in [-0.05, 0) is 42.8 Å². The number of carbonyl (C=O) groups is 2. The van der Waals surface area contributed by atoms with Crippen molar-refractivity contribution in [2.45, 2.75) is 6.42 Å². The Balaban J connectivity index is 1.66. The minimum absolute atomic E-state index is 0.185. The lowest BCUT2D eigenvalue weighted by molar-refractivity contribution is -0.114. The number of hydrogen-bond donors (Lipinski definition) is 1. The molecular weight excluding hydrogens is 412 g/mol. The van der Waals surface area contributed by atoms with Crippen molar-refractivity contribution in [3.8, 4) is 0 Å². The van der Waals surface area contributed by atoms with Crippen LogP contribution in [0.3, 0.4) is 0 Å². The highest BCUT2D eigenvalue weighted by Gasteiger charge is 2.32. The van der Waals surface area contributed by atoms with Gasteiger partial charge >= 0.3 is 0 Å². The molecule has 1 aromatic carbocycles. The number of dihydropyridines is 1. The van der Waals surface area contributed by atoms with Crippen molar-refractivity contribution in [2.24, 2.45) is 10.9 Å². The largest absolute Gasteiger partial charge is 0.500 e. The molecule has 1 atom stereocenters. The van der Waals surface area contributed by atoms with Crippen LogP contribution in [0.25, 0.3) is 0 Å². The first-order valence-corrected chi connectivity index (χ1v) is 9.20. The Labute approximate surface area is 165 Å². The van der Waals surface area contributed by atoms with Crippen LogP contribution in [0.15, 0.2) is 69.1 Å². The van der Waals surface area contributed by atoms with Crippen molar-refractivity contribution in [3.63, 3.8) is 0 Å². The van der Waals surface area contributed by atoms with Crippen LogP contribution in [0.1, 0.15) is 16.8 Å². The number of halogens is 1. The number of benzene rings is 1. The second-order valence-electron chi connectivity index (χ2n) is 5.99. The molecule has 27 heavy (non-hydrogen) atoms. The first kappa shape index (κ1) is 19.1. The third-order valence-electron chi connectivity index (χ3n) is 4.36. The lowest BCUT2D eigenvalue weighted by atomic mass is 9.89. The van der Waals surface area contributed by atoms with Crippen LogP contribution >= 0.6 is 15.9 Å². The molecular formula is C20H19BrN2O4. The molecule has 0 spiro atoms. The van der Waals surface area contributed by atoms with Gasteiger partial charge in [0, 0.05) is 22.2 Å². The average Bonchev–Trinajstić information content (AvgIpc) is 2.68. The number of amides is 2.